The zero-order valence-electron chi connectivity index (χ0n) is 12.1. The van der Waals surface area contributed by atoms with E-state index in [1.54, 1.807) is 0 Å². The van der Waals surface area contributed by atoms with Crippen LogP contribution in [-0.2, 0) is 4.79 Å². The molecule has 4 rings (SSSR count). The van der Waals surface area contributed by atoms with Crippen LogP contribution in [0.15, 0.2) is 0 Å². The Morgan fingerprint density at radius 1 is 1.21 bits per heavy atom. The summed E-state index contributed by atoms with van der Waals surface area (Å²) in [6, 6.07) is 2.31. The van der Waals surface area contributed by atoms with Gasteiger partial charge in [-0.2, -0.15) is 5.26 Å². The molecule has 4 aliphatic rings. The molecule has 0 heterocycles. The van der Waals surface area contributed by atoms with Gasteiger partial charge in [0.05, 0.1) is 11.5 Å². The van der Waals surface area contributed by atoms with Gasteiger partial charge in [0.15, 0.2) is 0 Å². The van der Waals surface area contributed by atoms with Gasteiger partial charge in [-0.15, -0.1) is 0 Å². The summed E-state index contributed by atoms with van der Waals surface area (Å²) in [4.78, 5) is 14.8. The number of rotatable bonds is 3. The van der Waals surface area contributed by atoms with E-state index in [9.17, 15) is 4.79 Å². The van der Waals surface area contributed by atoms with E-state index in [0.717, 1.165) is 37.0 Å². The smallest absolute Gasteiger partial charge is 0.229 e. The molecule has 4 saturated carbocycles. The fourth-order valence-corrected chi connectivity index (χ4v) is 5.24. The van der Waals surface area contributed by atoms with Gasteiger partial charge in [-0.25, -0.2) is 0 Å². The Labute approximate surface area is 116 Å². The van der Waals surface area contributed by atoms with Gasteiger partial charge in [0.1, 0.15) is 6.54 Å². The Kier molecular flexibility index (Phi) is 3.08. The summed E-state index contributed by atoms with van der Waals surface area (Å²) in [6.45, 7) is 4.30. The van der Waals surface area contributed by atoms with E-state index in [2.05, 4.69) is 6.07 Å². The van der Waals surface area contributed by atoms with Gasteiger partial charge in [-0.1, -0.05) is 0 Å². The number of nitrogens with zero attached hydrogens (tertiary/aromatic N) is 2. The molecule has 4 fully saturated rings. The van der Waals surface area contributed by atoms with Crippen molar-refractivity contribution in [1.29, 1.82) is 5.26 Å². The lowest BCUT2D eigenvalue weighted by molar-refractivity contribution is -0.158. The first-order valence-electron chi connectivity index (χ1n) is 7.72. The third-order valence-corrected chi connectivity index (χ3v) is 5.62. The Morgan fingerprint density at radius 3 is 2.05 bits per heavy atom. The van der Waals surface area contributed by atoms with Crippen LogP contribution in [0.4, 0.5) is 0 Å². The van der Waals surface area contributed by atoms with Crippen molar-refractivity contribution in [2.75, 3.05) is 6.54 Å². The standard InChI is InChI=1S/C16H24N2O/c1-11(2)18(4-3-17)15(19)16-8-12-5-13(9-16)7-14(6-12)10-16/h11-14H,4-10H2,1-2H3. The monoisotopic (exact) mass is 260 g/mol. The molecule has 104 valence electrons. The molecule has 4 aliphatic carbocycles. The van der Waals surface area contributed by atoms with E-state index in [1.807, 2.05) is 18.7 Å². The molecule has 0 radical (unpaired) electrons. The lowest BCUT2D eigenvalue weighted by Gasteiger charge is -2.56. The van der Waals surface area contributed by atoms with E-state index >= 15 is 0 Å². The first-order valence-corrected chi connectivity index (χ1v) is 7.72. The second-order valence-electron chi connectivity index (χ2n) is 7.38. The molecule has 0 aliphatic heterocycles. The van der Waals surface area contributed by atoms with Crippen LogP contribution in [0.25, 0.3) is 0 Å². The Morgan fingerprint density at radius 2 is 1.68 bits per heavy atom. The molecule has 4 bridgehead atoms. The van der Waals surface area contributed by atoms with Gasteiger partial charge >= 0.3 is 0 Å². The van der Waals surface area contributed by atoms with Gasteiger partial charge < -0.3 is 4.90 Å². The summed E-state index contributed by atoms with van der Waals surface area (Å²) in [5.74, 6) is 2.63. The Balaban J connectivity index is 1.84. The second kappa shape index (κ2) is 4.51. The summed E-state index contributed by atoms with van der Waals surface area (Å²) in [5, 5.41) is 8.97. The maximum atomic E-state index is 13.0. The van der Waals surface area contributed by atoms with Crippen molar-refractivity contribution in [2.45, 2.75) is 58.4 Å². The number of hydrogen-bond acceptors (Lipinski definition) is 2. The number of hydrogen-bond donors (Lipinski definition) is 0. The average molecular weight is 260 g/mol. The van der Waals surface area contributed by atoms with Crippen LogP contribution in [0.3, 0.4) is 0 Å². The summed E-state index contributed by atoms with van der Waals surface area (Å²) in [5.41, 5.74) is -0.101. The topological polar surface area (TPSA) is 44.1 Å². The van der Waals surface area contributed by atoms with E-state index in [1.165, 1.54) is 19.3 Å². The molecule has 3 heteroatoms. The van der Waals surface area contributed by atoms with Gasteiger partial charge in [-0.3, -0.25) is 4.79 Å². The van der Waals surface area contributed by atoms with Crippen molar-refractivity contribution in [3.63, 3.8) is 0 Å². The highest BCUT2D eigenvalue weighted by Crippen LogP contribution is 2.60. The zero-order valence-corrected chi connectivity index (χ0v) is 12.1. The third kappa shape index (κ3) is 2.06. The van der Waals surface area contributed by atoms with Crippen molar-refractivity contribution >= 4 is 5.91 Å². The van der Waals surface area contributed by atoms with Crippen LogP contribution in [-0.4, -0.2) is 23.4 Å². The molecule has 0 N–H and O–H groups in total. The number of carbonyl (C=O) groups is 1. The molecule has 0 spiro atoms. The highest BCUT2D eigenvalue weighted by atomic mass is 16.2. The molecular formula is C16H24N2O. The predicted octanol–water partition coefficient (Wildman–Crippen LogP) is 2.96. The lowest BCUT2D eigenvalue weighted by atomic mass is 9.49. The molecule has 1 amide bonds. The zero-order chi connectivity index (χ0) is 13.6. The normalized spacial score (nSPS) is 39.4. The van der Waals surface area contributed by atoms with Crippen molar-refractivity contribution in [3.8, 4) is 6.07 Å². The summed E-state index contributed by atoms with van der Waals surface area (Å²) in [7, 11) is 0. The van der Waals surface area contributed by atoms with E-state index < -0.39 is 0 Å². The van der Waals surface area contributed by atoms with Crippen LogP contribution in [0, 0.1) is 34.5 Å². The second-order valence-corrected chi connectivity index (χ2v) is 7.38. The summed E-state index contributed by atoms with van der Waals surface area (Å²) < 4.78 is 0. The summed E-state index contributed by atoms with van der Waals surface area (Å²) >= 11 is 0. The van der Waals surface area contributed by atoms with E-state index in [-0.39, 0.29) is 23.9 Å². The first kappa shape index (κ1) is 13.0. The van der Waals surface area contributed by atoms with Gasteiger partial charge in [0.25, 0.3) is 0 Å². The molecule has 0 atom stereocenters. The van der Waals surface area contributed by atoms with Crippen LogP contribution >= 0.6 is 0 Å². The van der Waals surface area contributed by atoms with Crippen molar-refractivity contribution in [1.82, 2.24) is 4.90 Å². The molecule has 0 unspecified atom stereocenters. The average Bonchev–Trinajstić information content (AvgIpc) is 2.33. The fraction of sp³-hybridized carbons (Fsp3) is 0.875. The van der Waals surface area contributed by atoms with Gasteiger partial charge in [0, 0.05) is 6.04 Å². The SMILES string of the molecule is CC(C)N(CC#N)C(=O)C12CC3CC(CC(C3)C1)C2. The predicted molar refractivity (Wildman–Crippen MR) is 73.1 cm³/mol. The maximum Gasteiger partial charge on any atom is 0.229 e. The molecule has 0 aromatic heterocycles. The molecule has 0 saturated heterocycles. The van der Waals surface area contributed by atoms with Gasteiger partial charge in [0.2, 0.25) is 5.91 Å². The van der Waals surface area contributed by atoms with Crippen molar-refractivity contribution < 1.29 is 4.79 Å². The number of nitriles is 1. The quantitative estimate of drug-likeness (QED) is 0.732. The molecule has 19 heavy (non-hydrogen) atoms. The first-order chi connectivity index (χ1) is 9.04. The third-order valence-electron chi connectivity index (χ3n) is 5.62. The van der Waals surface area contributed by atoms with Crippen molar-refractivity contribution in [3.05, 3.63) is 0 Å². The Bertz CT molecular complexity index is 386. The van der Waals surface area contributed by atoms with Crippen LogP contribution < -0.4 is 0 Å². The largest absolute Gasteiger partial charge is 0.326 e. The lowest BCUT2D eigenvalue weighted by Crippen LogP contribution is -2.55. The molecule has 0 aromatic carbocycles. The van der Waals surface area contributed by atoms with E-state index in [4.69, 9.17) is 5.26 Å². The van der Waals surface area contributed by atoms with Gasteiger partial charge in [-0.05, 0) is 70.1 Å². The minimum Gasteiger partial charge on any atom is -0.326 e. The van der Waals surface area contributed by atoms with Crippen LogP contribution in [0.5, 0.6) is 0 Å². The van der Waals surface area contributed by atoms with Crippen LogP contribution in [0.1, 0.15) is 52.4 Å². The van der Waals surface area contributed by atoms with E-state index in [0.29, 0.717) is 0 Å². The molecule has 0 aromatic rings. The minimum atomic E-state index is -0.101. The number of carbonyl (C=O) groups excluding carboxylic acids is 1. The molecule has 3 nitrogen and oxygen atoms in total. The molecular weight excluding hydrogens is 236 g/mol. The minimum absolute atomic E-state index is 0.101. The fourth-order valence-electron chi connectivity index (χ4n) is 5.24. The van der Waals surface area contributed by atoms with Crippen molar-refractivity contribution in [2.24, 2.45) is 23.2 Å². The number of amides is 1. The highest BCUT2D eigenvalue weighted by molar-refractivity contribution is 5.83. The maximum absolute atomic E-state index is 13.0. The Hall–Kier alpha value is -1.04. The highest BCUT2D eigenvalue weighted by Gasteiger charge is 2.55. The van der Waals surface area contributed by atoms with Crippen LogP contribution in [0.2, 0.25) is 0 Å². The summed E-state index contributed by atoms with van der Waals surface area (Å²) in [6.07, 6.45) is 7.33.